The molecule has 4 rings (SSSR count). The highest BCUT2D eigenvalue weighted by Crippen LogP contribution is 2.27. The summed E-state index contributed by atoms with van der Waals surface area (Å²) in [6, 6.07) is 3.71. The third-order valence-corrected chi connectivity index (χ3v) is 8.23. The summed E-state index contributed by atoms with van der Waals surface area (Å²) >= 11 is 1.53. The first-order chi connectivity index (χ1) is 14.7. The van der Waals surface area contributed by atoms with Gasteiger partial charge < -0.3 is 9.42 Å². The van der Waals surface area contributed by atoms with Gasteiger partial charge in [0, 0.05) is 37.7 Å². The Kier molecular flexibility index (Phi) is 5.98. The maximum atomic E-state index is 12.7. The van der Waals surface area contributed by atoms with Gasteiger partial charge in [-0.25, -0.2) is 8.42 Å². The summed E-state index contributed by atoms with van der Waals surface area (Å²) in [6.07, 6.45) is 1.21. The molecule has 1 atom stereocenters. The number of hydrogen-bond acceptors (Lipinski definition) is 8. The van der Waals surface area contributed by atoms with Crippen LogP contribution in [0.15, 0.2) is 22.0 Å². The number of carbonyl (C=O) groups excluding carboxylic acids is 1. The smallest absolute Gasteiger partial charge is 0.227 e. The lowest BCUT2D eigenvalue weighted by molar-refractivity contribution is -0.130. The van der Waals surface area contributed by atoms with E-state index < -0.39 is 9.84 Å². The Balaban J connectivity index is 1.37. The topological polar surface area (TPSA) is 111 Å². The molecular formula is C20H25N5O4S2. The van der Waals surface area contributed by atoms with E-state index in [0.717, 1.165) is 21.8 Å². The van der Waals surface area contributed by atoms with Crippen LogP contribution < -0.4 is 0 Å². The minimum Gasteiger partial charge on any atom is -0.341 e. The molecule has 1 amide bonds. The van der Waals surface area contributed by atoms with Crippen molar-refractivity contribution in [3.63, 3.8) is 0 Å². The number of aromatic nitrogens is 4. The standard InChI is InChI=1S/C20H25N5O4S2/c1-13-16(14(2)25(22-13)15-8-10-31(27,28)12-15)11-24(3)19(26)7-6-18-21-20(23-29-18)17-5-4-9-30-17/h4-5,9,15H,6-8,10-12H2,1-3H3/t15-/m1/s1. The van der Waals surface area contributed by atoms with Crippen molar-refractivity contribution in [3.8, 4) is 10.7 Å². The Labute approximate surface area is 185 Å². The molecule has 0 aliphatic carbocycles. The minimum atomic E-state index is -2.99. The van der Waals surface area contributed by atoms with Crippen LogP contribution in [0.3, 0.4) is 0 Å². The average molecular weight is 464 g/mol. The highest BCUT2D eigenvalue weighted by Gasteiger charge is 2.31. The van der Waals surface area contributed by atoms with Gasteiger partial charge in [0.1, 0.15) is 0 Å². The van der Waals surface area contributed by atoms with E-state index in [0.29, 0.717) is 31.1 Å². The SMILES string of the molecule is Cc1nn([C@@H]2CCS(=O)(=O)C2)c(C)c1CN(C)C(=O)CCc1nc(-c2cccs2)no1. The highest BCUT2D eigenvalue weighted by molar-refractivity contribution is 7.91. The number of nitrogens with zero attached hydrogens (tertiary/aromatic N) is 5. The maximum Gasteiger partial charge on any atom is 0.227 e. The van der Waals surface area contributed by atoms with Gasteiger partial charge in [-0.3, -0.25) is 9.48 Å². The normalized spacial score (nSPS) is 17.8. The van der Waals surface area contributed by atoms with Crippen molar-refractivity contribution < 1.29 is 17.7 Å². The van der Waals surface area contributed by atoms with Crippen LogP contribution in [-0.2, 0) is 27.6 Å². The quantitative estimate of drug-likeness (QED) is 0.529. The zero-order chi connectivity index (χ0) is 22.2. The maximum absolute atomic E-state index is 12.7. The molecule has 0 spiro atoms. The van der Waals surface area contributed by atoms with Gasteiger partial charge in [-0.05, 0) is 31.7 Å². The number of hydrogen-bond donors (Lipinski definition) is 0. The Morgan fingerprint density at radius 1 is 1.39 bits per heavy atom. The fraction of sp³-hybridized carbons (Fsp3) is 0.500. The van der Waals surface area contributed by atoms with E-state index in [1.165, 1.54) is 11.3 Å². The summed E-state index contributed by atoms with van der Waals surface area (Å²) in [5, 5.41) is 10.5. The molecule has 0 bridgehead atoms. The molecule has 0 radical (unpaired) electrons. The first kappa shape index (κ1) is 21.7. The predicted molar refractivity (Wildman–Crippen MR) is 116 cm³/mol. The molecule has 1 aliphatic rings. The fourth-order valence-electron chi connectivity index (χ4n) is 3.84. The lowest BCUT2D eigenvalue weighted by Crippen LogP contribution is -2.27. The number of rotatable bonds is 7. The van der Waals surface area contributed by atoms with Crippen molar-refractivity contribution in [3.05, 3.63) is 40.4 Å². The monoisotopic (exact) mass is 463 g/mol. The molecule has 0 aromatic carbocycles. The molecule has 4 heterocycles. The van der Waals surface area contributed by atoms with Gasteiger partial charge in [0.2, 0.25) is 17.6 Å². The van der Waals surface area contributed by atoms with E-state index in [2.05, 4.69) is 15.2 Å². The number of amides is 1. The second-order valence-electron chi connectivity index (χ2n) is 7.89. The molecule has 3 aromatic rings. The number of carbonyl (C=O) groups is 1. The van der Waals surface area contributed by atoms with Crippen LogP contribution in [0.1, 0.15) is 41.7 Å². The van der Waals surface area contributed by atoms with Crippen molar-refractivity contribution in [1.82, 2.24) is 24.8 Å². The van der Waals surface area contributed by atoms with Gasteiger partial charge in [0.15, 0.2) is 9.84 Å². The zero-order valence-electron chi connectivity index (χ0n) is 17.7. The zero-order valence-corrected chi connectivity index (χ0v) is 19.4. The van der Waals surface area contributed by atoms with E-state index in [4.69, 9.17) is 4.52 Å². The second kappa shape index (κ2) is 8.54. The Morgan fingerprint density at radius 2 is 2.19 bits per heavy atom. The van der Waals surface area contributed by atoms with Crippen molar-refractivity contribution in [2.75, 3.05) is 18.6 Å². The minimum absolute atomic E-state index is 0.0362. The van der Waals surface area contributed by atoms with Gasteiger partial charge in [-0.1, -0.05) is 11.2 Å². The lowest BCUT2D eigenvalue weighted by Gasteiger charge is -2.18. The third kappa shape index (κ3) is 4.72. The highest BCUT2D eigenvalue weighted by atomic mass is 32.2. The van der Waals surface area contributed by atoms with Crippen LogP contribution in [0.4, 0.5) is 0 Å². The van der Waals surface area contributed by atoms with E-state index in [-0.39, 0.29) is 29.9 Å². The molecule has 3 aromatic heterocycles. The Hall–Kier alpha value is -2.53. The fourth-order valence-corrected chi connectivity index (χ4v) is 6.18. The molecule has 1 aliphatic heterocycles. The van der Waals surface area contributed by atoms with Crippen molar-refractivity contribution in [2.45, 2.75) is 45.7 Å². The van der Waals surface area contributed by atoms with Gasteiger partial charge in [0.25, 0.3) is 0 Å². The summed E-state index contributed by atoms with van der Waals surface area (Å²) in [4.78, 5) is 19.6. The molecule has 0 saturated carbocycles. The van der Waals surface area contributed by atoms with E-state index >= 15 is 0 Å². The molecule has 11 heteroatoms. The van der Waals surface area contributed by atoms with E-state index in [1.807, 2.05) is 36.0 Å². The van der Waals surface area contributed by atoms with Crippen LogP contribution in [0.5, 0.6) is 0 Å². The molecule has 1 saturated heterocycles. The summed E-state index contributed by atoms with van der Waals surface area (Å²) in [7, 11) is -1.24. The van der Waals surface area contributed by atoms with Gasteiger partial charge in [-0.15, -0.1) is 11.3 Å². The lowest BCUT2D eigenvalue weighted by atomic mass is 10.1. The van der Waals surface area contributed by atoms with Gasteiger partial charge >= 0.3 is 0 Å². The molecule has 166 valence electrons. The largest absolute Gasteiger partial charge is 0.341 e. The third-order valence-electron chi connectivity index (χ3n) is 5.61. The van der Waals surface area contributed by atoms with Gasteiger partial charge in [-0.2, -0.15) is 10.1 Å². The number of aryl methyl sites for hydroxylation is 2. The molecule has 0 N–H and O–H groups in total. The molecule has 1 fully saturated rings. The summed E-state index contributed by atoms with van der Waals surface area (Å²) in [5.74, 6) is 1.27. The van der Waals surface area contributed by atoms with Crippen LogP contribution in [0.2, 0.25) is 0 Å². The van der Waals surface area contributed by atoms with Crippen molar-refractivity contribution in [2.24, 2.45) is 0 Å². The molecule has 31 heavy (non-hydrogen) atoms. The Bertz CT molecular complexity index is 1180. The van der Waals surface area contributed by atoms with E-state index in [1.54, 1.807) is 11.9 Å². The predicted octanol–water partition coefficient (Wildman–Crippen LogP) is 2.56. The Morgan fingerprint density at radius 3 is 2.87 bits per heavy atom. The van der Waals surface area contributed by atoms with E-state index in [9.17, 15) is 13.2 Å². The van der Waals surface area contributed by atoms with Crippen LogP contribution >= 0.6 is 11.3 Å². The summed E-state index contributed by atoms with van der Waals surface area (Å²) in [5.41, 5.74) is 2.69. The molecule has 0 unspecified atom stereocenters. The molecular weight excluding hydrogens is 438 g/mol. The summed E-state index contributed by atoms with van der Waals surface area (Å²) in [6.45, 7) is 4.24. The molecule has 9 nitrogen and oxygen atoms in total. The second-order valence-corrected chi connectivity index (χ2v) is 11.1. The summed E-state index contributed by atoms with van der Waals surface area (Å²) < 4.78 is 30.7. The average Bonchev–Trinajstić information content (AvgIpc) is 3.50. The first-order valence-corrected chi connectivity index (χ1v) is 12.8. The number of sulfone groups is 1. The van der Waals surface area contributed by atoms with Crippen molar-refractivity contribution in [1.29, 1.82) is 0 Å². The van der Waals surface area contributed by atoms with Crippen LogP contribution in [0, 0.1) is 13.8 Å². The van der Waals surface area contributed by atoms with Gasteiger partial charge in [0.05, 0.1) is 28.1 Å². The van der Waals surface area contributed by atoms with Crippen LogP contribution in [0.25, 0.3) is 10.7 Å². The first-order valence-electron chi connectivity index (χ1n) is 10.1. The number of thiophene rings is 1. The van der Waals surface area contributed by atoms with Crippen molar-refractivity contribution >= 4 is 27.1 Å². The van der Waals surface area contributed by atoms with Crippen LogP contribution in [-0.4, -0.2) is 57.7 Å².